The summed E-state index contributed by atoms with van der Waals surface area (Å²) < 4.78 is 10.4. The van der Waals surface area contributed by atoms with Gasteiger partial charge in [0.25, 0.3) is 0 Å². The van der Waals surface area contributed by atoms with Gasteiger partial charge in [0.1, 0.15) is 5.75 Å². The molecule has 130 valence electrons. The van der Waals surface area contributed by atoms with E-state index < -0.39 is 0 Å². The lowest BCUT2D eigenvalue weighted by molar-refractivity contribution is 0.203. The Morgan fingerprint density at radius 1 is 1.26 bits per heavy atom. The number of rotatable bonds is 9. The van der Waals surface area contributed by atoms with Crippen LogP contribution in [0.3, 0.4) is 0 Å². The van der Waals surface area contributed by atoms with Crippen LogP contribution in [0.25, 0.3) is 0 Å². The number of benzene rings is 1. The van der Waals surface area contributed by atoms with Gasteiger partial charge >= 0.3 is 0 Å². The number of nitrogens with zero attached hydrogens (tertiary/aromatic N) is 2. The molecule has 6 nitrogen and oxygen atoms in total. The van der Waals surface area contributed by atoms with Crippen LogP contribution in [-0.2, 0) is 4.74 Å². The van der Waals surface area contributed by atoms with Gasteiger partial charge in [0.15, 0.2) is 5.96 Å². The van der Waals surface area contributed by atoms with Gasteiger partial charge in [-0.2, -0.15) is 0 Å². The third-order valence-corrected chi connectivity index (χ3v) is 3.47. The van der Waals surface area contributed by atoms with Crippen molar-refractivity contribution in [3.8, 4) is 5.75 Å². The van der Waals surface area contributed by atoms with Gasteiger partial charge in [0, 0.05) is 20.2 Å². The van der Waals surface area contributed by atoms with Crippen LogP contribution < -0.4 is 15.4 Å². The monoisotopic (exact) mass is 322 g/mol. The highest BCUT2D eigenvalue weighted by molar-refractivity contribution is 5.79. The molecule has 23 heavy (non-hydrogen) atoms. The molecule has 1 atom stereocenters. The second-order valence-corrected chi connectivity index (χ2v) is 5.40. The van der Waals surface area contributed by atoms with Crippen molar-refractivity contribution in [1.82, 2.24) is 15.5 Å². The minimum absolute atomic E-state index is 0.183. The lowest BCUT2D eigenvalue weighted by Crippen LogP contribution is -2.39. The zero-order valence-corrected chi connectivity index (χ0v) is 14.9. The maximum atomic E-state index is 5.32. The van der Waals surface area contributed by atoms with Gasteiger partial charge in [-0.1, -0.05) is 12.1 Å². The first-order chi connectivity index (χ1) is 11.1. The second-order valence-electron chi connectivity index (χ2n) is 5.40. The minimum atomic E-state index is 0.183. The summed E-state index contributed by atoms with van der Waals surface area (Å²) >= 11 is 0. The zero-order valence-electron chi connectivity index (χ0n) is 14.9. The molecule has 1 rings (SSSR count). The molecule has 0 amide bonds. The molecular formula is C17H30N4O2. The van der Waals surface area contributed by atoms with Crippen LogP contribution in [0.2, 0.25) is 0 Å². The Hall–Kier alpha value is -1.79. The summed E-state index contributed by atoms with van der Waals surface area (Å²) in [6, 6.07) is 8.31. The number of likely N-dealkylation sites (N-methyl/N-ethyl adjacent to an activating group) is 1. The number of methoxy groups -OCH3 is 2. The van der Waals surface area contributed by atoms with Crippen molar-refractivity contribution < 1.29 is 9.47 Å². The van der Waals surface area contributed by atoms with Gasteiger partial charge in [-0.25, -0.2) is 0 Å². The quantitative estimate of drug-likeness (QED) is 0.410. The number of ether oxygens (including phenoxy) is 2. The van der Waals surface area contributed by atoms with E-state index in [0.29, 0.717) is 13.2 Å². The van der Waals surface area contributed by atoms with Crippen LogP contribution in [0.15, 0.2) is 29.3 Å². The summed E-state index contributed by atoms with van der Waals surface area (Å²) in [4.78, 5) is 6.86. The Morgan fingerprint density at radius 3 is 2.65 bits per heavy atom. The van der Waals surface area contributed by atoms with Crippen molar-refractivity contribution in [2.24, 2.45) is 4.99 Å². The molecule has 0 aromatic heterocycles. The van der Waals surface area contributed by atoms with E-state index in [9.17, 15) is 0 Å². The summed E-state index contributed by atoms with van der Waals surface area (Å²) in [6.45, 7) is 4.91. The molecule has 0 radical (unpaired) electrons. The number of nitrogens with one attached hydrogen (secondary N) is 2. The van der Waals surface area contributed by atoms with Gasteiger partial charge in [0.2, 0.25) is 0 Å². The molecular weight excluding hydrogens is 292 g/mol. The lowest BCUT2D eigenvalue weighted by Gasteiger charge is -2.24. The topological polar surface area (TPSA) is 58.1 Å². The first-order valence-corrected chi connectivity index (χ1v) is 7.93. The van der Waals surface area contributed by atoms with Crippen molar-refractivity contribution >= 4 is 5.96 Å². The first-order valence-electron chi connectivity index (χ1n) is 7.93. The average Bonchev–Trinajstić information content (AvgIpc) is 2.55. The van der Waals surface area contributed by atoms with Gasteiger partial charge < -0.3 is 25.0 Å². The molecule has 0 aliphatic carbocycles. The molecule has 0 saturated heterocycles. The predicted octanol–water partition coefficient (Wildman–Crippen LogP) is 1.50. The van der Waals surface area contributed by atoms with Crippen molar-refractivity contribution in [1.29, 1.82) is 0 Å². The SMILES string of the molecule is CCNC(=NCC(c1cccc(OC)c1)N(C)C)NCCOC. The average molecular weight is 322 g/mol. The lowest BCUT2D eigenvalue weighted by atomic mass is 10.1. The normalized spacial score (nSPS) is 13.0. The van der Waals surface area contributed by atoms with E-state index >= 15 is 0 Å². The molecule has 0 heterocycles. The van der Waals surface area contributed by atoms with Crippen LogP contribution in [-0.4, -0.2) is 65.4 Å². The molecule has 0 fully saturated rings. The summed E-state index contributed by atoms with van der Waals surface area (Å²) in [6.07, 6.45) is 0. The number of hydrogen-bond donors (Lipinski definition) is 2. The maximum absolute atomic E-state index is 5.32. The Morgan fingerprint density at radius 2 is 2.04 bits per heavy atom. The Labute approximate surface area is 139 Å². The molecule has 0 bridgehead atoms. The van der Waals surface area contributed by atoms with Gasteiger partial charge in [-0.3, -0.25) is 4.99 Å². The fraction of sp³-hybridized carbons (Fsp3) is 0.588. The highest BCUT2D eigenvalue weighted by Crippen LogP contribution is 2.22. The van der Waals surface area contributed by atoms with Gasteiger partial charge in [-0.05, 0) is 38.7 Å². The van der Waals surface area contributed by atoms with Crippen LogP contribution in [0.5, 0.6) is 5.75 Å². The van der Waals surface area contributed by atoms with E-state index in [1.165, 1.54) is 5.56 Å². The zero-order chi connectivity index (χ0) is 17.1. The molecule has 1 aromatic carbocycles. The number of hydrogen-bond acceptors (Lipinski definition) is 4. The summed E-state index contributed by atoms with van der Waals surface area (Å²) in [5, 5.41) is 6.51. The largest absolute Gasteiger partial charge is 0.497 e. The number of guanidine groups is 1. The van der Waals surface area contributed by atoms with Gasteiger partial charge in [0.05, 0.1) is 26.3 Å². The van der Waals surface area contributed by atoms with Crippen LogP contribution in [0.1, 0.15) is 18.5 Å². The van der Waals surface area contributed by atoms with E-state index in [0.717, 1.165) is 24.8 Å². The smallest absolute Gasteiger partial charge is 0.191 e. The van der Waals surface area contributed by atoms with Crippen molar-refractivity contribution in [3.63, 3.8) is 0 Å². The van der Waals surface area contributed by atoms with E-state index in [4.69, 9.17) is 14.5 Å². The summed E-state index contributed by atoms with van der Waals surface area (Å²) in [5.41, 5.74) is 1.19. The summed E-state index contributed by atoms with van der Waals surface area (Å²) in [5.74, 6) is 1.67. The third-order valence-electron chi connectivity index (χ3n) is 3.47. The third kappa shape index (κ3) is 6.88. The van der Waals surface area contributed by atoms with Crippen LogP contribution >= 0.6 is 0 Å². The molecule has 0 aliphatic rings. The van der Waals surface area contributed by atoms with Crippen molar-refractivity contribution in [3.05, 3.63) is 29.8 Å². The minimum Gasteiger partial charge on any atom is -0.497 e. The number of aliphatic imine (C=N–C) groups is 1. The fourth-order valence-corrected chi connectivity index (χ4v) is 2.21. The van der Waals surface area contributed by atoms with Crippen LogP contribution in [0.4, 0.5) is 0 Å². The Bertz CT molecular complexity index is 477. The molecule has 2 N–H and O–H groups in total. The molecule has 0 saturated carbocycles. The molecule has 0 aliphatic heterocycles. The van der Waals surface area contributed by atoms with E-state index in [-0.39, 0.29) is 6.04 Å². The van der Waals surface area contributed by atoms with Crippen molar-refractivity contribution in [2.45, 2.75) is 13.0 Å². The molecule has 6 heteroatoms. The molecule has 1 aromatic rings. The fourth-order valence-electron chi connectivity index (χ4n) is 2.21. The van der Waals surface area contributed by atoms with E-state index in [2.05, 4.69) is 48.7 Å². The maximum Gasteiger partial charge on any atom is 0.191 e. The standard InChI is InChI=1S/C17H30N4O2/c1-6-18-17(19-10-11-22-4)20-13-16(21(2)3)14-8-7-9-15(12-14)23-5/h7-9,12,16H,6,10-11,13H2,1-5H3,(H2,18,19,20). The predicted molar refractivity (Wildman–Crippen MR) is 95.3 cm³/mol. The highest BCUT2D eigenvalue weighted by atomic mass is 16.5. The van der Waals surface area contributed by atoms with E-state index in [1.54, 1.807) is 14.2 Å². The Kier molecular flexibility index (Phi) is 9.09. The first kappa shape index (κ1) is 19.3. The van der Waals surface area contributed by atoms with Gasteiger partial charge in [-0.15, -0.1) is 0 Å². The second kappa shape index (κ2) is 10.9. The Balaban J connectivity index is 2.81. The molecule has 1 unspecified atom stereocenters. The van der Waals surface area contributed by atoms with E-state index in [1.807, 2.05) is 12.1 Å². The highest BCUT2D eigenvalue weighted by Gasteiger charge is 2.14. The summed E-state index contributed by atoms with van der Waals surface area (Å²) in [7, 11) is 7.50. The van der Waals surface area contributed by atoms with Crippen molar-refractivity contribution in [2.75, 3.05) is 54.6 Å². The molecule has 0 spiro atoms. The van der Waals surface area contributed by atoms with Crippen LogP contribution in [0, 0.1) is 0 Å².